The van der Waals surface area contributed by atoms with Gasteiger partial charge in [-0.15, -0.1) is 0 Å². The van der Waals surface area contributed by atoms with E-state index in [1.54, 1.807) is 24.4 Å². The molecule has 0 saturated heterocycles. The highest BCUT2D eigenvalue weighted by atomic mass is 79.9. The van der Waals surface area contributed by atoms with E-state index in [1.807, 2.05) is 24.3 Å². The second-order valence-electron chi connectivity index (χ2n) is 10.5. The number of aromatic nitrogens is 1. The number of alkyl halides is 1. The molecule has 0 aliphatic rings. The number of hydrogen-bond acceptors (Lipinski definition) is 8. The minimum atomic E-state index is -0.496. The van der Waals surface area contributed by atoms with E-state index in [0.717, 1.165) is 56.4 Å². The third kappa shape index (κ3) is 9.19. The van der Waals surface area contributed by atoms with Crippen LogP contribution in [0, 0.1) is 25.2 Å². The molecule has 4 rings (SSSR count). The Morgan fingerprint density at radius 1 is 0.889 bits per heavy atom. The number of halogens is 2. The topological polar surface area (TPSA) is 117 Å². The number of aliphatic hydroxyl groups is 2. The summed E-state index contributed by atoms with van der Waals surface area (Å²) in [5, 5.41) is 32.6. The molecule has 4 aromatic rings. The molecule has 0 spiro atoms. The Hall–Kier alpha value is -3.65. The lowest BCUT2D eigenvalue weighted by atomic mass is 9.93. The van der Waals surface area contributed by atoms with Gasteiger partial charge in [0.15, 0.2) is 0 Å². The summed E-state index contributed by atoms with van der Waals surface area (Å²) in [5.41, 5.74) is 7.29. The first-order valence-electron chi connectivity index (χ1n) is 14.6. The van der Waals surface area contributed by atoms with Gasteiger partial charge in [0, 0.05) is 41.5 Å². The Balaban J connectivity index is 1.57. The molecule has 1 aromatic heterocycles. The first kappa shape index (κ1) is 34.2. The number of ether oxygens (including phenoxy) is 3. The van der Waals surface area contributed by atoms with Crippen molar-refractivity contribution < 1.29 is 24.4 Å². The fourth-order valence-electron chi connectivity index (χ4n) is 4.78. The number of nitriles is 1. The van der Waals surface area contributed by atoms with Crippen LogP contribution in [0.15, 0.2) is 67.0 Å². The molecule has 0 atom stereocenters. The smallest absolute Gasteiger partial charge is 0.142 e. The molecule has 0 saturated carbocycles. The predicted octanol–water partition coefficient (Wildman–Crippen LogP) is 6.66. The van der Waals surface area contributed by atoms with Crippen molar-refractivity contribution in [2.45, 2.75) is 46.1 Å². The number of nitrogens with one attached hydrogen (secondary N) is 1. The van der Waals surface area contributed by atoms with Gasteiger partial charge in [-0.3, -0.25) is 4.98 Å². The molecular weight excluding hydrogens is 658 g/mol. The molecule has 0 aliphatic carbocycles. The van der Waals surface area contributed by atoms with E-state index in [9.17, 15) is 15.5 Å². The Bertz CT molecular complexity index is 1620. The van der Waals surface area contributed by atoms with Crippen LogP contribution < -0.4 is 19.5 Å². The first-order valence-corrected chi connectivity index (χ1v) is 16.1. The van der Waals surface area contributed by atoms with E-state index in [0.29, 0.717) is 28.7 Å². The van der Waals surface area contributed by atoms with Gasteiger partial charge < -0.3 is 29.7 Å². The van der Waals surface area contributed by atoms with Gasteiger partial charge in [-0.1, -0.05) is 57.9 Å². The van der Waals surface area contributed by atoms with Crippen molar-refractivity contribution in [3.05, 3.63) is 105 Å². The average molecular weight is 695 g/mol. The lowest BCUT2D eigenvalue weighted by molar-refractivity contribution is 0.170. The minimum Gasteiger partial charge on any atom is -0.493 e. The zero-order chi connectivity index (χ0) is 32.2. The van der Waals surface area contributed by atoms with Crippen LogP contribution in [-0.2, 0) is 19.8 Å². The van der Waals surface area contributed by atoms with Gasteiger partial charge in [-0.05, 0) is 66.3 Å². The second kappa shape index (κ2) is 17.2. The molecule has 0 unspecified atom stereocenters. The SMILES string of the molecule is Cc1c(COc2cc(OCc3cncc(C#N)c3)c(CNC(CO)CO)cc2Cl)cccc1-c1cccc(OCCCBr)c1C. The average Bonchev–Trinajstić information content (AvgIpc) is 3.06. The third-order valence-corrected chi connectivity index (χ3v) is 8.25. The molecule has 3 aromatic carbocycles. The largest absolute Gasteiger partial charge is 0.493 e. The highest BCUT2D eigenvalue weighted by Crippen LogP contribution is 2.36. The van der Waals surface area contributed by atoms with Gasteiger partial charge >= 0.3 is 0 Å². The summed E-state index contributed by atoms with van der Waals surface area (Å²) < 4.78 is 18.5. The molecule has 45 heavy (non-hydrogen) atoms. The van der Waals surface area contributed by atoms with Crippen LogP contribution >= 0.6 is 27.5 Å². The fourth-order valence-corrected chi connectivity index (χ4v) is 5.25. The predicted molar refractivity (Wildman–Crippen MR) is 179 cm³/mol. The molecule has 0 fully saturated rings. The van der Waals surface area contributed by atoms with Crippen LogP contribution in [0.25, 0.3) is 11.1 Å². The molecule has 0 radical (unpaired) electrons. The maximum Gasteiger partial charge on any atom is 0.142 e. The summed E-state index contributed by atoms with van der Waals surface area (Å²) in [6, 6.07) is 19.1. The van der Waals surface area contributed by atoms with Crippen molar-refractivity contribution in [2.75, 3.05) is 25.2 Å². The molecule has 1 heterocycles. The summed E-state index contributed by atoms with van der Waals surface area (Å²) in [6.45, 7) is 5.10. The Labute approximate surface area is 277 Å². The maximum atomic E-state index is 9.50. The van der Waals surface area contributed by atoms with Crippen molar-refractivity contribution in [2.24, 2.45) is 0 Å². The zero-order valence-electron chi connectivity index (χ0n) is 25.4. The van der Waals surface area contributed by atoms with Crippen LogP contribution in [0.3, 0.4) is 0 Å². The third-order valence-electron chi connectivity index (χ3n) is 7.39. The summed E-state index contributed by atoms with van der Waals surface area (Å²) in [6.07, 6.45) is 4.06. The van der Waals surface area contributed by atoms with E-state index in [2.05, 4.69) is 58.3 Å². The van der Waals surface area contributed by atoms with E-state index in [-0.39, 0.29) is 33.0 Å². The van der Waals surface area contributed by atoms with Gasteiger partial charge in [0.05, 0.1) is 36.4 Å². The quantitative estimate of drug-likeness (QED) is 0.0882. The van der Waals surface area contributed by atoms with Crippen LogP contribution in [-0.4, -0.2) is 46.4 Å². The Kier molecular flexibility index (Phi) is 13.0. The summed E-state index contributed by atoms with van der Waals surface area (Å²) in [5.74, 6) is 1.84. The number of nitrogens with zero attached hydrogens (tertiary/aromatic N) is 2. The molecule has 10 heteroatoms. The Morgan fingerprint density at radius 3 is 2.36 bits per heavy atom. The number of aliphatic hydroxyl groups excluding tert-OH is 2. The second-order valence-corrected chi connectivity index (χ2v) is 11.7. The summed E-state index contributed by atoms with van der Waals surface area (Å²) >= 11 is 10.1. The van der Waals surface area contributed by atoms with Gasteiger partial charge in [0.25, 0.3) is 0 Å². The van der Waals surface area contributed by atoms with E-state index >= 15 is 0 Å². The van der Waals surface area contributed by atoms with Crippen molar-refractivity contribution in [3.8, 4) is 34.4 Å². The normalized spacial score (nSPS) is 11.0. The molecular formula is C35H37BrClN3O5. The lowest BCUT2D eigenvalue weighted by Gasteiger charge is -2.19. The lowest BCUT2D eigenvalue weighted by Crippen LogP contribution is -2.35. The number of hydrogen-bond donors (Lipinski definition) is 3. The maximum absolute atomic E-state index is 9.50. The number of pyridine rings is 1. The van der Waals surface area contributed by atoms with Gasteiger partial charge in [0.1, 0.15) is 36.5 Å². The Morgan fingerprint density at radius 2 is 1.62 bits per heavy atom. The highest BCUT2D eigenvalue weighted by Gasteiger charge is 2.16. The standard InChI is InChI=1S/C35H37BrClN3O5/c1-23-27(6-3-7-30(23)31-8-4-9-33(24(31)2)43-11-5-10-36)22-45-35-14-34(44-21-26-12-25(15-38)16-39-17-26)28(13-32(35)37)18-40-29(19-41)20-42/h3-4,6-9,12-14,16-17,29,40-42H,5,10-11,18-22H2,1-2H3. The highest BCUT2D eigenvalue weighted by molar-refractivity contribution is 9.09. The molecule has 0 aliphatic heterocycles. The van der Waals surface area contributed by atoms with Crippen LogP contribution in [0.5, 0.6) is 17.2 Å². The van der Waals surface area contributed by atoms with Gasteiger partial charge in [-0.2, -0.15) is 5.26 Å². The molecule has 3 N–H and O–H groups in total. The monoisotopic (exact) mass is 693 g/mol. The zero-order valence-corrected chi connectivity index (χ0v) is 27.7. The molecule has 8 nitrogen and oxygen atoms in total. The van der Waals surface area contributed by atoms with E-state index in [4.69, 9.17) is 25.8 Å². The van der Waals surface area contributed by atoms with Gasteiger partial charge in [-0.25, -0.2) is 0 Å². The van der Waals surface area contributed by atoms with Gasteiger partial charge in [0.2, 0.25) is 0 Å². The number of benzene rings is 3. The number of rotatable bonds is 16. The first-order chi connectivity index (χ1) is 21.9. The summed E-state index contributed by atoms with van der Waals surface area (Å²) in [4.78, 5) is 4.11. The van der Waals surface area contributed by atoms with Crippen molar-refractivity contribution >= 4 is 27.5 Å². The van der Waals surface area contributed by atoms with Crippen LogP contribution in [0.1, 0.15) is 39.8 Å². The minimum absolute atomic E-state index is 0.166. The molecule has 236 valence electrons. The van der Waals surface area contributed by atoms with Crippen LogP contribution in [0.2, 0.25) is 5.02 Å². The fraction of sp³-hybridized carbons (Fsp3) is 0.314. The molecule has 0 amide bonds. The van der Waals surface area contributed by atoms with Crippen LogP contribution in [0.4, 0.5) is 0 Å². The van der Waals surface area contributed by atoms with Crippen molar-refractivity contribution in [1.29, 1.82) is 5.26 Å². The molecule has 0 bridgehead atoms. The van der Waals surface area contributed by atoms with E-state index in [1.165, 1.54) is 6.20 Å². The van der Waals surface area contributed by atoms with E-state index < -0.39 is 6.04 Å². The van der Waals surface area contributed by atoms with Crippen molar-refractivity contribution in [3.63, 3.8) is 0 Å². The summed E-state index contributed by atoms with van der Waals surface area (Å²) in [7, 11) is 0. The van der Waals surface area contributed by atoms with Crippen molar-refractivity contribution in [1.82, 2.24) is 10.3 Å².